The van der Waals surface area contributed by atoms with E-state index in [1.807, 2.05) is 0 Å². The molecule has 0 spiro atoms. The molecule has 19 heavy (non-hydrogen) atoms. The molecule has 4 nitrogen and oxygen atoms in total. The first-order valence-electron chi connectivity index (χ1n) is 6.80. The summed E-state index contributed by atoms with van der Waals surface area (Å²) in [6, 6.07) is 8.48. The standard InChI is InChI=1S/C15H22N2O2/c1-15(16,14(18)19)8-10-17-9-4-7-12-5-2-3-6-13(12)11-17/h2-3,5-6H,4,7-11,16H2,1H3,(H,18,19). The van der Waals surface area contributed by atoms with Crippen LogP contribution in [-0.2, 0) is 17.8 Å². The van der Waals surface area contributed by atoms with E-state index in [4.69, 9.17) is 10.8 Å². The number of nitrogens with zero attached hydrogens (tertiary/aromatic N) is 1. The molecule has 1 aliphatic heterocycles. The number of hydrogen-bond donors (Lipinski definition) is 2. The highest BCUT2D eigenvalue weighted by atomic mass is 16.4. The van der Waals surface area contributed by atoms with Crippen LogP contribution in [0.5, 0.6) is 0 Å². The Kier molecular flexibility index (Phi) is 4.22. The number of fused-ring (bicyclic) bond motifs is 1. The topological polar surface area (TPSA) is 66.6 Å². The number of carboxylic acid groups (broad SMARTS) is 1. The van der Waals surface area contributed by atoms with Crippen LogP contribution in [0, 0.1) is 0 Å². The van der Waals surface area contributed by atoms with Gasteiger partial charge in [0, 0.05) is 13.1 Å². The minimum absolute atomic E-state index is 0.477. The first-order chi connectivity index (χ1) is 8.99. The third-order valence-electron chi connectivity index (χ3n) is 3.87. The average Bonchev–Trinajstić information content (AvgIpc) is 2.58. The van der Waals surface area contributed by atoms with E-state index in [2.05, 4.69) is 29.2 Å². The van der Waals surface area contributed by atoms with E-state index in [1.165, 1.54) is 11.1 Å². The molecule has 1 aliphatic rings. The molecule has 3 N–H and O–H groups in total. The summed E-state index contributed by atoms with van der Waals surface area (Å²) in [5.41, 5.74) is 7.42. The molecule has 1 unspecified atom stereocenters. The van der Waals surface area contributed by atoms with Gasteiger partial charge in [0.05, 0.1) is 0 Å². The van der Waals surface area contributed by atoms with Gasteiger partial charge in [-0.05, 0) is 43.9 Å². The highest BCUT2D eigenvalue weighted by Crippen LogP contribution is 2.19. The van der Waals surface area contributed by atoms with Crippen LogP contribution >= 0.6 is 0 Å². The molecular formula is C15H22N2O2. The second-order valence-electron chi connectivity index (χ2n) is 5.62. The smallest absolute Gasteiger partial charge is 0.323 e. The van der Waals surface area contributed by atoms with Crippen molar-refractivity contribution in [3.8, 4) is 0 Å². The van der Waals surface area contributed by atoms with Gasteiger partial charge in [0.1, 0.15) is 5.54 Å². The van der Waals surface area contributed by atoms with Crippen molar-refractivity contribution in [1.29, 1.82) is 0 Å². The Morgan fingerprint density at radius 1 is 1.42 bits per heavy atom. The predicted octanol–water partition coefficient (Wildman–Crippen LogP) is 1.63. The zero-order chi connectivity index (χ0) is 13.9. The first-order valence-corrected chi connectivity index (χ1v) is 6.80. The third kappa shape index (κ3) is 3.55. The normalized spacial score (nSPS) is 19.3. The maximum atomic E-state index is 11.0. The van der Waals surface area contributed by atoms with Gasteiger partial charge in [-0.1, -0.05) is 24.3 Å². The molecule has 0 saturated heterocycles. The molecule has 104 valence electrons. The van der Waals surface area contributed by atoms with E-state index in [9.17, 15) is 4.79 Å². The summed E-state index contributed by atoms with van der Waals surface area (Å²) in [7, 11) is 0. The number of nitrogens with two attached hydrogens (primary N) is 1. The Hall–Kier alpha value is -1.39. The summed E-state index contributed by atoms with van der Waals surface area (Å²) >= 11 is 0. The highest BCUT2D eigenvalue weighted by Gasteiger charge is 2.28. The molecule has 1 atom stereocenters. The number of rotatable bonds is 4. The van der Waals surface area contributed by atoms with Crippen LogP contribution in [0.15, 0.2) is 24.3 Å². The zero-order valence-corrected chi connectivity index (χ0v) is 11.4. The molecule has 1 aromatic carbocycles. The molecule has 0 aromatic heterocycles. The van der Waals surface area contributed by atoms with Gasteiger partial charge >= 0.3 is 5.97 Å². The van der Waals surface area contributed by atoms with Gasteiger partial charge in [0.15, 0.2) is 0 Å². The molecular weight excluding hydrogens is 240 g/mol. The van der Waals surface area contributed by atoms with E-state index >= 15 is 0 Å². The maximum absolute atomic E-state index is 11.0. The number of hydrogen-bond acceptors (Lipinski definition) is 3. The lowest BCUT2D eigenvalue weighted by Gasteiger charge is -2.25. The van der Waals surface area contributed by atoms with E-state index in [0.29, 0.717) is 6.42 Å². The van der Waals surface area contributed by atoms with Crippen molar-refractivity contribution >= 4 is 5.97 Å². The average molecular weight is 262 g/mol. The van der Waals surface area contributed by atoms with Gasteiger partial charge in [0.2, 0.25) is 0 Å². The molecule has 0 aliphatic carbocycles. The molecule has 0 radical (unpaired) electrons. The molecule has 0 fully saturated rings. The second kappa shape index (κ2) is 5.72. The third-order valence-corrected chi connectivity index (χ3v) is 3.87. The monoisotopic (exact) mass is 262 g/mol. The minimum Gasteiger partial charge on any atom is -0.480 e. The van der Waals surface area contributed by atoms with Crippen LogP contribution < -0.4 is 5.73 Å². The van der Waals surface area contributed by atoms with Crippen molar-refractivity contribution < 1.29 is 9.90 Å². The summed E-state index contributed by atoms with van der Waals surface area (Å²) in [5.74, 6) is -0.928. The van der Waals surface area contributed by atoms with Crippen molar-refractivity contribution in [2.24, 2.45) is 5.73 Å². The number of aryl methyl sites for hydroxylation is 1. The molecule has 2 rings (SSSR count). The number of benzene rings is 1. The lowest BCUT2D eigenvalue weighted by molar-refractivity contribution is -0.143. The van der Waals surface area contributed by atoms with Crippen LogP contribution in [-0.4, -0.2) is 34.6 Å². The minimum atomic E-state index is -1.13. The predicted molar refractivity (Wildman–Crippen MR) is 74.9 cm³/mol. The number of carboxylic acids is 1. The highest BCUT2D eigenvalue weighted by molar-refractivity contribution is 5.77. The fourth-order valence-corrected chi connectivity index (χ4v) is 2.46. The zero-order valence-electron chi connectivity index (χ0n) is 11.4. The van der Waals surface area contributed by atoms with Crippen molar-refractivity contribution in [3.63, 3.8) is 0 Å². The fraction of sp³-hybridized carbons (Fsp3) is 0.533. The number of carbonyl (C=O) groups is 1. The Balaban J connectivity index is 1.98. The number of aliphatic carboxylic acids is 1. The van der Waals surface area contributed by atoms with Crippen LogP contribution in [0.4, 0.5) is 0 Å². The van der Waals surface area contributed by atoms with Gasteiger partial charge in [-0.2, -0.15) is 0 Å². The fourth-order valence-electron chi connectivity index (χ4n) is 2.46. The van der Waals surface area contributed by atoms with E-state index in [0.717, 1.165) is 32.5 Å². The summed E-state index contributed by atoms with van der Waals surface area (Å²) in [4.78, 5) is 13.3. The van der Waals surface area contributed by atoms with Gasteiger partial charge in [-0.3, -0.25) is 9.69 Å². The van der Waals surface area contributed by atoms with Crippen molar-refractivity contribution in [3.05, 3.63) is 35.4 Å². The second-order valence-corrected chi connectivity index (χ2v) is 5.62. The van der Waals surface area contributed by atoms with Crippen LogP contribution in [0.2, 0.25) is 0 Å². The van der Waals surface area contributed by atoms with Gasteiger partial charge in [-0.15, -0.1) is 0 Å². The largest absolute Gasteiger partial charge is 0.480 e. The van der Waals surface area contributed by atoms with E-state index < -0.39 is 11.5 Å². The van der Waals surface area contributed by atoms with Crippen LogP contribution in [0.3, 0.4) is 0 Å². The van der Waals surface area contributed by atoms with Crippen LogP contribution in [0.25, 0.3) is 0 Å². The van der Waals surface area contributed by atoms with E-state index in [1.54, 1.807) is 6.92 Å². The van der Waals surface area contributed by atoms with Crippen molar-refractivity contribution in [1.82, 2.24) is 4.90 Å². The maximum Gasteiger partial charge on any atom is 0.323 e. The summed E-state index contributed by atoms with van der Waals surface area (Å²) in [5, 5.41) is 9.04. The summed E-state index contributed by atoms with van der Waals surface area (Å²) in [6.07, 6.45) is 2.70. The van der Waals surface area contributed by atoms with Crippen molar-refractivity contribution in [2.75, 3.05) is 13.1 Å². The molecule has 1 heterocycles. The Morgan fingerprint density at radius 2 is 2.11 bits per heavy atom. The van der Waals surface area contributed by atoms with Gasteiger partial charge in [0.25, 0.3) is 0 Å². The molecule has 0 amide bonds. The summed E-state index contributed by atoms with van der Waals surface area (Å²) in [6.45, 7) is 4.21. The van der Waals surface area contributed by atoms with Gasteiger partial charge in [-0.25, -0.2) is 0 Å². The lowest BCUT2D eigenvalue weighted by atomic mass is 9.99. The Bertz CT molecular complexity index is 457. The first kappa shape index (κ1) is 14.0. The summed E-state index contributed by atoms with van der Waals surface area (Å²) < 4.78 is 0. The molecule has 0 bridgehead atoms. The lowest BCUT2D eigenvalue weighted by Crippen LogP contribution is -2.47. The SMILES string of the molecule is CC(N)(CCN1CCCc2ccccc2C1)C(=O)O. The Morgan fingerprint density at radius 3 is 2.79 bits per heavy atom. The van der Waals surface area contributed by atoms with Gasteiger partial charge < -0.3 is 10.8 Å². The Labute approximate surface area is 114 Å². The quantitative estimate of drug-likeness (QED) is 0.865. The molecule has 1 aromatic rings. The van der Waals surface area contributed by atoms with Crippen LogP contribution in [0.1, 0.15) is 30.9 Å². The van der Waals surface area contributed by atoms with E-state index in [-0.39, 0.29) is 0 Å². The van der Waals surface area contributed by atoms with Crippen molar-refractivity contribution in [2.45, 2.75) is 38.3 Å². The molecule has 4 heteroatoms. The molecule has 0 saturated carbocycles.